The van der Waals surface area contributed by atoms with Gasteiger partial charge in [0, 0.05) is 29.7 Å². The summed E-state index contributed by atoms with van der Waals surface area (Å²) in [6.07, 6.45) is 2.94. The standard InChI is InChI=1S/C22H25ClFN5O4/c1-13(2)29-19-18(20(32)28(22(29)33)12-17(30)31)27(11-14-15(23)7-6-8-16(14)24)21(25-19)26-9-4-3-5-10-26/h6-8,13H,3-5,9-12H2,1-2H3,(H,30,31). The monoisotopic (exact) mass is 477 g/mol. The number of hydrogen-bond donors (Lipinski definition) is 1. The first-order chi connectivity index (χ1) is 15.7. The molecule has 11 heteroatoms. The second-order valence-electron chi connectivity index (χ2n) is 8.45. The van der Waals surface area contributed by atoms with E-state index in [-0.39, 0.29) is 28.3 Å². The molecule has 1 fully saturated rings. The van der Waals surface area contributed by atoms with E-state index in [1.54, 1.807) is 24.5 Å². The second-order valence-corrected chi connectivity index (χ2v) is 8.86. The van der Waals surface area contributed by atoms with E-state index in [1.165, 1.54) is 16.7 Å². The predicted octanol–water partition coefficient (Wildman–Crippen LogP) is 2.86. The van der Waals surface area contributed by atoms with E-state index < -0.39 is 35.6 Å². The van der Waals surface area contributed by atoms with Crippen molar-refractivity contribution >= 4 is 34.7 Å². The topological polar surface area (TPSA) is 102 Å². The highest BCUT2D eigenvalue weighted by Crippen LogP contribution is 2.28. The molecule has 2 aromatic heterocycles. The Labute approximate surface area is 193 Å². The highest BCUT2D eigenvalue weighted by Gasteiger charge is 2.27. The van der Waals surface area contributed by atoms with Crippen LogP contribution in [0.5, 0.6) is 0 Å². The Kier molecular flexibility index (Phi) is 6.29. The molecule has 33 heavy (non-hydrogen) atoms. The lowest BCUT2D eigenvalue weighted by atomic mass is 10.1. The summed E-state index contributed by atoms with van der Waals surface area (Å²) in [6.45, 7) is 4.03. The van der Waals surface area contributed by atoms with Crippen molar-refractivity contribution in [1.29, 1.82) is 0 Å². The van der Waals surface area contributed by atoms with Crippen LogP contribution >= 0.6 is 11.6 Å². The fourth-order valence-electron chi connectivity index (χ4n) is 4.31. The first kappa shape index (κ1) is 23.0. The fourth-order valence-corrected chi connectivity index (χ4v) is 4.53. The summed E-state index contributed by atoms with van der Waals surface area (Å²) < 4.78 is 18.2. The third kappa shape index (κ3) is 4.15. The Balaban J connectivity index is 2.07. The number of imidazole rings is 1. The van der Waals surface area contributed by atoms with Crippen molar-refractivity contribution in [3.63, 3.8) is 0 Å². The predicted molar refractivity (Wildman–Crippen MR) is 123 cm³/mol. The zero-order valence-electron chi connectivity index (χ0n) is 18.4. The van der Waals surface area contributed by atoms with Crippen molar-refractivity contribution in [1.82, 2.24) is 18.7 Å². The first-order valence-corrected chi connectivity index (χ1v) is 11.2. The van der Waals surface area contributed by atoms with Gasteiger partial charge in [0.25, 0.3) is 5.56 Å². The van der Waals surface area contributed by atoms with E-state index in [1.807, 2.05) is 4.90 Å². The second kappa shape index (κ2) is 9.01. The third-order valence-electron chi connectivity index (χ3n) is 5.87. The van der Waals surface area contributed by atoms with Crippen molar-refractivity contribution < 1.29 is 14.3 Å². The van der Waals surface area contributed by atoms with Crippen molar-refractivity contribution in [2.45, 2.75) is 52.2 Å². The number of rotatable bonds is 6. The number of carboxylic acids is 1. The maximum Gasteiger partial charge on any atom is 0.333 e. The minimum Gasteiger partial charge on any atom is -0.480 e. The normalized spacial score (nSPS) is 14.4. The van der Waals surface area contributed by atoms with Gasteiger partial charge in [0.05, 0.1) is 6.54 Å². The molecule has 0 radical (unpaired) electrons. The Hall–Kier alpha value is -3.14. The summed E-state index contributed by atoms with van der Waals surface area (Å²) in [5.41, 5.74) is -1.15. The number of piperidine rings is 1. The van der Waals surface area contributed by atoms with Gasteiger partial charge in [-0.15, -0.1) is 0 Å². The number of carbonyl (C=O) groups is 1. The number of carboxylic acid groups (broad SMARTS) is 1. The highest BCUT2D eigenvalue weighted by atomic mass is 35.5. The summed E-state index contributed by atoms with van der Waals surface area (Å²) >= 11 is 6.28. The van der Waals surface area contributed by atoms with Gasteiger partial charge in [-0.2, -0.15) is 4.98 Å². The van der Waals surface area contributed by atoms with Gasteiger partial charge in [-0.1, -0.05) is 17.7 Å². The van der Waals surface area contributed by atoms with Crippen LogP contribution in [0.2, 0.25) is 5.02 Å². The Morgan fingerprint density at radius 3 is 2.48 bits per heavy atom. The van der Waals surface area contributed by atoms with Crippen LogP contribution in [0.4, 0.5) is 10.3 Å². The molecule has 0 aliphatic carbocycles. The maximum atomic E-state index is 14.7. The van der Waals surface area contributed by atoms with E-state index in [0.717, 1.165) is 19.3 Å². The quantitative estimate of drug-likeness (QED) is 0.585. The summed E-state index contributed by atoms with van der Waals surface area (Å²) in [7, 11) is 0. The molecule has 0 saturated carbocycles. The number of hydrogen-bond acceptors (Lipinski definition) is 5. The van der Waals surface area contributed by atoms with E-state index in [9.17, 15) is 23.9 Å². The van der Waals surface area contributed by atoms with Crippen LogP contribution in [-0.2, 0) is 17.9 Å². The molecule has 1 aliphatic rings. The van der Waals surface area contributed by atoms with Crippen LogP contribution in [0, 0.1) is 5.82 Å². The molecular formula is C22H25ClFN5O4. The van der Waals surface area contributed by atoms with Gasteiger partial charge in [-0.05, 0) is 45.2 Å². The third-order valence-corrected chi connectivity index (χ3v) is 6.22. The number of fused-ring (bicyclic) bond motifs is 1. The smallest absolute Gasteiger partial charge is 0.333 e. The number of aromatic nitrogens is 4. The lowest BCUT2D eigenvalue weighted by Gasteiger charge is -2.28. The summed E-state index contributed by atoms with van der Waals surface area (Å²) in [4.78, 5) is 44.6. The number of anilines is 1. The van der Waals surface area contributed by atoms with Gasteiger partial charge in [0.1, 0.15) is 12.4 Å². The Morgan fingerprint density at radius 1 is 1.18 bits per heavy atom. The summed E-state index contributed by atoms with van der Waals surface area (Å²) in [5.74, 6) is -1.41. The number of benzene rings is 1. The summed E-state index contributed by atoms with van der Waals surface area (Å²) in [5, 5.41) is 9.50. The lowest BCUT2D eigenvalue weighted by molar-refractivity contribution is -0.137. The maximum absolute atomic E-state index is 14.7. The molecule has 1 aliphatic heterocycles. The largest absolute Gasteiger partial charge is 0.480 e. The Bertz CT molecular complexity index is 1320. The number of halogens is 2. The number of aliphatic carboxylic acids is 1. The Morgan fingerprint density at radius 2 is 1.88 bits per heavy atom. The van der Waals surface area contributed by atoms with Crippen molar-refractivity contribution in [3.8, 4) is 0 Å². The number of nitrogens with zero attached hydrogens (tertiary/aromatic N) is 5. The molecule has 4 rings (SSSR count). The molecule has 1 N–H and O–H groups in total. The zero-order chi connectivity index (χ0) is 23.9. The fraction of sp³-hybridized carbons (Fsp3) is 0.455. The lowest BCUT2D eigenvalue weighted by Crippen LogP contribution is -2.42. The molecule has 0 atom stereocenters. The molecule has 3 aromatic rings. The van der Waals surface area contributed by atoms with Crippen LogP contribution < -0.4 is 16.1 Å². The van der Waals surface area contributed by atoms with Crippen LogP contribution in [0.25, 0.3) is 11.2 Å². The van der Waals surface area contributed by atoms with E-state index in [2.05, 4.69) is 4.98 Å². The average molecular weight is 478 g/mol. The van der Waals surface area contributed by atoms with Crippen LogP contribution in [0.3, 0.4) is 0 Å². The van der Waals surface area contributed by atoms with E-state index >= 15 is 0 Å². The van der Waals surface area contributed by atoms with Gasteiger partial charge in [0.2, 0.25) is 5.95 Å². The minimum absolute atomic E-state index is 0.0458. The van der Waals surface area contributed by atoms with Crippen LogP contribution in [0.15, 0.2) is 27.8 Å². The molecular weight excluding hydrogens is 453 g/mol. The van der Waals surface area contributed by atoms with Gasteiger partial charge in [0.15, 0.2) is 11.2 Å². The molecule has 0 unspecified atom stereocenters. The SMILES string of the molecule is CC(C)n1c(=O)n(CC(=O)O)c(=O)c2c1nc(N1CCCCC1)n2Cc1c(F)cccc1Cl. The minimum atomic E-state index is -1.32. The van der Waals surface area contributed by atoms with Crippen LogP contribution in [0.1, 0.15) is 44.7 Å². The zero-order valence-corrected chi connectivity index (χ0v) is 19.2. The van der Waals surface area contributed by atoms with Gasteiger partial charge < -0.3 is 10.0 Å². The summed E-state index contributed by atoms with van der Waals surface area (Å²) in [6, 6.07) is 3.95. The van der Waals surface area contributed by atoms with Gasteiger partial charge in [-0.3, -0.25) is 18.7 Å². The van der Waals surface area contributed by atoms with Crippen LogP contribution in [-0.4, -0.2) is 42.9 Å². The molecule has 0 bridgehead atoms. The van der Waals surface area contributed by atoms with Crippen molar-refractivity contribution in [3.05, 3.63) is 55.4 Å². The van der Waals surface area contributed by atoms with E-state index in [4.69, 9.17) is 11.6 Å². The average Bonchev–Trinajstić information content (AvgIpc) is 3.13. The molecule has 9 nitrogen and oxygen atoms in total. The molecule has 176 valence electrons. The molecule has 3 heterocycles. The highest BCUT2D eigenvalue weighted by molar-refractivity contribution is 6.31. The van der Waals surface area contributed by atoms with Gasteiger partial charge in [-0.25, -0.2) is 13.8 Å². The van der Waals surface area contributed by atoms with Crippen molar-refractivity contribution in [2.75, 3.05) is 18.0 Å². The van der Waals surface area contributed by atoms with Crippen molar-refractivity contribution in [2.24, 2.45) is 0 Å². The van der Waals surface area contributed by atoms with Gasteiger partial charge >= 0.3 is 11.7 Å². The molecule has 1 saturated heterocycles. The molecule has 0 amide bonds. The molecule has 0 spiro atoms. The molecule has 1 aromatic carbocycles. The van der Waals surface area contributed by atoms with E-state index in [0.29, 0.717) is 23.6 Å². The first-order valence-electron chi connectivity index (χ1n) is 10.9.